The van der Waals surface area contributed by atoms with E-state index in [0.717, 1.165) is 0 Å². The van der Waals surface area contributed by atoms with E-state index in [9.17, 15) is 9.90 Å². The molecule has 0 aliphatic carbocycles. The van der Waals surface area contributed by atoms with Crippen molar-refractivity contribution in [3.8, 4) is 0 Å². The van der Waals surface area contributed by atoms with E-state index in [1.54, 1.807) is 11.0 Å². The van der Waals surface area contributed by atoms with Crippen LogP contribution >= 0.6 is 15.9 Å². The van der Waals surface area contributed by atoms with Gasteiger partial charge in [-0.1, -0.05) is 6.07 Å². The van der Waals surface area contributed by atoms with Gasteiger partial charge in [-0.2, -0.15) is 0 Å². The van der Waals surface area contributed by atoms with Gasteiger partial charge in [0.05, 0.1) is 11.8 Å². The Morgan fingerprint density at radius 3 is 2.80 bits per heavy atom. The molecule has 0 radical (unpaired) electrons. The minimum Gasteiger partial charge on any atom is -0.444 e. The fraction of sp³-hybridized carbons (Fsp3) is 0.571. The molecule has 110 valence electrons. The van der Waals surface area contributed by atoms with Gasteiger partial charge in [-0.3, -0.25) is 4.90 Å². The molecule has 1 aliphatic rings. The second-order valence-corrected chi connectivity index (χ2v) is 6.67. The van der Waals surface area contributed by atoms with Crippen LogP contribution in [0.15, 0.2) is 22.8 Å². The lowest BCUT2D eigenvalue weighted by molar-refractivity contribution is 0.0146. The number of carbonyl (C=O) groups is 1. The minimum atomic E-state index is -0.621. The van der Waals surface area contributed by atoms with E-state index in [4.69, 9.17) is 4.74 Å². The first-order valence-corrected chi connectivity index (χ1v) is 7.37. The summed E-state index contributed by atoms with van der Waals surface area (Å²) in [5, 5.41) is 10.1. The summed E-state index contributed by atoms with van der Waals surface area (Å²) in [6, 6.07) is 5.00. The average molecular weight is 343 g/mol. The lowest BCUT2D eigenvalue weighted by Crippen LogP contribution is -2.38. The standard InChI is InChI=1S/C14H19BrN2O3/c1-14(2,3)20-13(19)17-8-7-10(18)12(17)9-5-4-6-11(15)16-9/h4-6,10,12,18H,7-8H2,1-3H3. The molecule has 5 nitrogen and oxygen atoms in total. The Kier molecular flexibility index (Phi) is 4.34. The van der Waals surface area contributed by atoms with Crippen molar-refractivity contribution in [2.75, 3.05) is 6.54 Å². The number of hydrogen-bond donors (Lipinski definition) is 1. The molecule has 0 saturated carbocycles. The maximum atomic E-state index is 12.2. The van der Waals surface area contributed by atoms with Crippen molar-refractivity contribution in [2.45, 2.75) is 44.9 Å². The normalized spacial score (nSPS) is 22.9. The highest BCUT2D eigenvalue weighted by Crippen LogP contribution is 2.33. The summed E-state index contributed by atoms with van der Waals surface area (Å²) in [7, 11) is 0. The van der Waals surface area contributed by atoms with Gasteiger partial charge in [-0.15, -0.1) is 0 Å². The molecule has 0 spiro atoms. The molecule has 2 unspecified atom stereocenters. The number of amides is 1. The molecule has 0 aromatic carbocycles. The first kappa shape index (κ1) is 15.3. The zero-order chi connectivity index (χ0) is 14.9. The lowest BCUT2D eigenvalue weighted by Gasteiger charge is -2.29. The first-order chi connectivity index (χ1) is 9.28. The summed E-state index contributed by atoms with van der Waals surface area (Å²) in [5.41, 5.74) is 0.107. The molecule has 1 amide bonds. The number of rotatable bonds is 1. The van der Waals surface area contributed by atoms with Crippen molar-refractivity contribution < 1.29 is 14.6 Å². The van der Waals surface area contributed by atoms with Gasteiger partial charge in [0, 0.05) is 6.54 Å². The van der Waals surface area contributed by atoms with Crippen LogP contribution in [0.25, 0.3) is 0 Å². The van der Waals surface area contributed by atoms with Crippen molar-refractivity contribution in [1.29, 1.82) is 0 Å². The molecule has 1 saturated heterocycles. The van der Waals surface area contributed by atoms with Gasteiger partial charge in [0.1, 0.15) is 16.2 Å². The number of carbonyl (C=O) groups excluding carboxylic acids is 1. The Balaban J connectivity index is 2.23. The predicted molar refractivity (Wildman–Crippen MR) is 78.2 cm³/mol. The highest BCUT2D eigenvalue weighted by atomic mass is 79.9. The quantitative estimate of drug-likeness (QED) is 0.797. The van der Waals surface area contributed by atoms with Gasteiger partial charge in [-0.05, 0) is 55.3 Å². The molecule has 1 aromatic heterocycles. The van der Waals surface area contributed by atoms with Crippen LogP contribution in [-0.4, -0.2) is 39.3 Å². The van der Waals surface area contributed by atoms with Crippen molar-refractivity contribution in [3.63, 3.8) is 0 Å². The van der Waals surface area contributed by atoms with Crippen LogP contribution in [0, 0.1) is 0 Å². The van der Waals surface area contributed by atoms with Crippen molar-refractivity contribution in [1.82, 2.24) is 9.88 Å². The Labute approximate surface area is 127 Å². The van der Waals surface area contributed by atoms with Crippen molar-refractivity contribution in [3.05, 3.63) is 28.5 Å². The van der Waals surface area contributed by atoms with E-state index in [0.29, 0.717) is 23.3 Å². The van der Waals surface area contributed by atoms with E-state index in [1.807, 2.05) is 32.9 Å². The van der Waals surface area contributed by atoms with Crippen LogP contribution in [0.4, 0.5) is 4.79 Å². The van der Waals surface area contributed by atoms with Crippen LogP contribution in [-0.2, 0) is 4.74 Å². The molecule has 1 aliphatic heterocycles. The second kappa shape index (κ2) is 5.69. The molecule has 0 bridgehead atoms. The minimum absolute atomic E-state index is 0.416. The molecular weight excluding hydrogens is 324 g/mol. The number of pyridine rings is 1. The number of hydrogen-bond acceptors (Lipinski definition) is 4. The third kappa shape index (κ3) is 3.49. The number of aromatic nitrogens is 1. The second-order valence-electron chi connectivity index (χ2n) is 5.86. The van der Waals surface area contributed by atoms with Crippen LogP contribution in [0.5, 0.6) is 0 Å². The van der Waals surface area contributed by atoms with E-state index < -0.39 is 23.8 Å². The summed E-state index contributed by atoms with van der Waals surface area (Å²) in [6.45, 7) is 5.94. The number of likely N-dealkylation sites (tertiary alicyclic amines) is 1. The lowest BCUT2D eigenvalue weighted by atomic mass is 10.1. The summed E-state index contributed by atoms with van der Waals surface area (Å²) in [6.07, 6.45) is -0.511. The van der Waals surface area contributed by atoms with Gasteiger partial charge in [-0.25, -0.2) is 9.78 Å². The zero-order valence-electron chi connectivity index (χ0n) is 11.8. The van der Waals surface area contributed by atoms with Gasteiger partial charge >= 0.3 is 6.09 Å². The molecule has 1 aromatic rings. The summed E-state index contributed by atoms with van der Waals surface area (Å²) in [4.78, 5) is 18.1. The molecular formula is C14H19BrN2O3. The fourth-order valence-electron chi connectivity index (χ4n) is 2.25. The van der Waals surface area contributed by atoms with Gasteiger partial charge in [0.15, 0.2) is 0 Å². The molecule has 2 rings (SSSR count). The fourth-order valence-corrected chi connectivity index (χ4v) is 2.60. The van der Waals surface area contributed by atoms with Crippen LogP contribution < -0.4 is 0 Å². The average Bonchev–Trinajstić information content (AvgIpc) is 2.69. The molecule has 2 atom stereocenters. The van der Waals surface area contributed by atoms with Crippen molar-refractivity contribution in [2.24, 2.45) is 0 Å². The van der Waals surface area contributed by atoms with Gasteiger partial charge in [0.25, 0.3) is 0 Å². The first-order valence-electron chi connectivity index (χ1n) is 6.58. The molecule has 6 heteroatoms. The number of aliphatic hydroxyl groups is 1. The smallest absolute Gasteiger partial charge is 0.410 e. The van der Waals surface area contributed by atoms with E-state index >= 15 is 0 Å². The number of halogens is 1. The summed E-state index contributed by atoms with van der Waals surface area (Å²) < 4.78 is 6.07. The topological polar surface area (TPSA) is 62.7 Å². The Morgan fingerprint density at radius 2 is 2.20 bits per heavy atom. The molecule has 1 fully saturated rings. The van der Waals surface area contributed by atoms with Crippen molar-refractivity contribution >= 4 is 22.0 Å². The van der Waals surface area contributed by atoms with Gasteiger partial charge < -0.3 is 9.84 Å². The Bertz CT molecular complexity index is 501. The number of nitrogens with zero attached hydrogens (tertiary/aromatic N) is 2. The monoisotopic (exact) mass is 342 g/mol. The van der Waals surface area contributed by atoms with E-state index in [2.05, 4.69) is 20.9 Å². The highest BCUT2D eigenvalue weighted by Gasteiger charge is 2.40. The van der Waals surface area contributed by atoms with Gasteiger partial charge in [0.2, 0.25) is 0 Å². The number of aliphatic hydroxyl groups excluding tert-OH is 1. The van der Waals surface area contributed by atoms with E-state index in [1.165, 1.54) is 0 Å². The Hall–Kier alpha value is -1.14. The zero-order valence-corrected chi connectivity index (χ0v) is 13.4. The SMILES string of the molecule is CC(C)(C)OC(=O)N1CCC(O)C1c1cccc(Br)n1. The maximum Gasteiger partial charge on any atom is 0.410 e. The highest BCUT2D eigenvalue weighted by molar-refractivity contribution is 9.10. The largest absolute Gasteiger partial charge is 0.444 e. The summed E-state index contributed by atoms with van der Waals surface area (Å²) in [5.74, 6) is 0. The van der Waals surface area contributed by atoms with Crippen LogP contribution in [0.3, 0.4) is 0 Å². The summed E-state index contributed by atoms with van der Waals surface area (Å²) >= 11 is 3.31. The molecule has 20 heavy (non-hydrogen) atoms. The molecule has 2 heterocycles. The van der Waals surface area contributed by atoms with E-state index in [-0.39, 0.29) is 0 Å². The predicted octanol–water partition coefficient (Wildman–Crippen LogP) is 2.89. The molecule has 1 N–H and O–H groups in total. The third-order valence-corrected chi connectivity index (χ3v) is 3.48. The van der Waals surface area contributed by atoms with Crippen LogP contribution in [0.1, 0.15) is 38.9 Å². The number of ether oxygens (including phenoxy) is 1. The Morgan fingerprint density at radius 1 is 1.50 bits per heavy atom. The third-order valence-electron chi connectivity index (χ3n) is 3.03. The van der Waals surface area contributed by atoms with Crippen LogP contribution in [0.2, 0.25) is 0 Å². The maximum absolute atomic E-state index is 12.2.